The smallest absolute Gasteiger partial charge is 0.206 e. The highest BCUT2D eigenvalue weighted by molar-refractivity contribution is 6.00. The Labute approximate surface area is 98.0 Å². The minimum Gasteiger partial charge on any atom is -0.388 e. The van der Waals surface area contributed by atoms with Gasteiger partial charge in [-0.1, -0.05) is 0 Å². The van der Waals surface area contributed by atoms with Crippen molar-refractivity contribution < 1.29 is 9.90 Å². The summed E-state index contributed by atoms with van der Waals surface area (Å²) in [4.78, 5) is 19.9. The second-order valence-corrected chi connectivity index (χ2v) is 3.65. The average Bonchev–Trinajstić information content (AvgIpc) is 2.71. The lowest BCUT2D eigenvalue weighted by molar-refractivity contribution is 0.0895. The summed E-state index contributed by atoms with van der Waals surface area (Å²) in [6.07, 6.45) is 4.75. The van der Waals surface area contributed by atoms with Crippen LogP contribution >= 0.6 is 0 Å². The van der Waals surface area contributed by atoms with Crippen molar-refractivity contribution in [3.8, 4) is 11.3 Å². The summed E-state index contributed by atoms with van der Waals surface area (Å²) >= 11 is 0. The van der Waals surface area contributed by atoms with E-state index in [0.29, 0.717) is 17.0 Å². The fourth-order valence-corrected chi connectivity index (χ4v) is 1.56. The Morgan fingerprint density at radius 1 is 1.35 bits per heavy atom. The molecule has 17 heavy (non-hydrogen) atoms. The Bertz CT molecular complexity index is 545. The Morgan fingerprint density at radius 3 is 2.71 bits per heavy atom. The molecule has 6 nitrogen and oxygen atoms in total. The molecular weight excluding hydrogens is 220 g/mol. The Hall–Kier alpha value is -2.08. The molecule has 2 heterocycles. The molecule has 88 valence electrons. The number of aliphatic hydroxyl groups is 1. The van der Waals surface area contributed by atoms with Crippen LogP contribution in [0.25, 0.3) is 11.3 Å². The number of nitrogens with zero attached hydrogens (tertiary/aromatic N) is 4. The average molecular weight is 232 g/mol. The maximum Gasteiger partial charge on any atom is 0.206 e. The molecule has 0 atom stereocenters. The standard InChI is InChI=1S/C11H12N4O2/c1-7-3-13-9(5-12-7)8-4-14-15(2)11(8)10(17)6-16/h3-5,16H,6H2,1-2H3. The van der Waals surface area contributed by atoms with Crippen LogP contribution in [0.15, 0.2) is 18.6 Å². The fraction of sp³-hybridized carbons (Fsp3) is 0.273. The van der Waals surface area contributed by atoms with Crippen LogP contribution in [0, 0.1) is 6.92 Å². The van der Waals surface area contributed by atoms with E-state index in [1.54, 1.807) is 25.6 Å². The first kappa shape index (κ1) is 11.4. The largest absolute Gasteiger partial charge is 0.388 e. The van der Waals surface area contributed by atoms with Crippen molar-refractivity contribution in [3.63, 3.8) is 0 Å². The van der Waals surface area contributed by atoms with Gasteiger partial charge in [0.15, 0.2) is 0 Å². The van der Waals surface area contributed by atoms with Crippen molar-refractivity contribution in [2.24, 2.45) is 7.05 Å². The maximum absolute atomic E-state index is 11.6. The number of hydrogen-bond acceptors (Lipinski definition) is 5. The van der Waals surface area contributed by atoms with Gasteiger partial charge in [-0.2, -0.15) is 5.10 Å². The maximum atomic E-state index is 11.6. The van der Waals surface area contributed by atoms with Gasteiger partial charge in [0.1, 0.15) is 12.3 Å². The number of carbonyl (C=O) groups excluding carboxylic acids is 1. The molecule has 2 rings (SSSR count). The molecule has 0 saturated heterocycles. The summed E-state index contributed by atoms with van der Waals surface area (Å²) < 4.78 is 1.43. The lowest BCUT2D eigenvalue weighted by Gasteiger charge is -2.03. The summed E-state index contributed by atoms with van der Waals surface area (Å²) in [5.41, 5.74) is 2.29. The van der Waals surface area contributed by atoms with E-state index in [0.717, 1.165) is 5.69 Å². The summed E-state index contributed by atoms with van der Waals surface area (Å²) in [5, 5.41) is 12.9. The van der Waals surface area contributed by atoms with Crippen LogP contribution in [0.5, 0.6) is 0 Å². The van der Waals surface area contributed by atoms with Crippen LogP contribution < -0.4 is 0 Å². The van der Waals surface area contributed by atoms with E-state index in [2.05, 4.69) is 15.1 Å². The van der Waals surface area contributed by atoms with Gasteiger partial charge < -0.3 is 5.11 Å². The number of aryl methyl sites for hydroxylation is 2. The van der Waals surface area contributed by atoms with Crippen LogP contribution in [0.1, 0.15) is 16.2 Å². The van der Waals surface area contributed by atoms with Gasteiger partial charge in [-0.25, -0.2) is 0 Å². The van der Waals surface area contributed by atoms with Crippen LogP contribution in [-0.4, -0.2) is 37.2 Å². The quantitative estimate of drug-likeness (QED) is 0.773. The highest BCUT2D eigenvalue weighted by Crippen LogP contribution is 2.20. The Morgan fingerprint density at radius 2 is 2.12 bits per heavy atom. The highest BCUT2D eigenvalue weighted by Gasteiger charge is 2.18. The van der Waals surface area contributed by atoms with Gasteiger partial charge in [-0.3, -0.25) is 19.4 Å². The number of ketones is 1. The van der Waals surface area contributed by atoms with Crippen LogP contribution in [0.3, 0.4) is 0 Å². The normalized spacial score (nSPS) is 10.5. The molecular formula is C11H12N4O2. The second-order valence-electron chi connectivity index (χ2n) is 3.65. The van der Waals surface area contributed by atoms with Gasteiger partial charge in [0.05, 0.1) is 29.3 Å². The van der Waals surface area contributed by atoms with E-state index in [-0.39, 0.29) is 5.78 Å². The molecule has 6 heteroatoms. The van der Waals surface area contributed by atoms with Crippen molar-refractivity contribution in [2.45, 2.75) is 6.92 Å². The van der Waals surface area contributed by atoms with Gasteiger partial charge in [-0.05, 0) is 6.92 Å². The first-order valence-corrected chi connectivity index (χ1v) is 5.08. The van der Waals surface area contributed by atoms with E-state index in [9.17, 15) is 4.79 Å². The van der Waals surface area contributed by atoms with Gasteiger partial charge >= 0.3 is 0 Å². The van der Waals surface area contributed by atoms with Crippen LogP contribution in [0.2, 0.25) is 0 Å². The van der Waals surface area contributed by atoms with Crippen molar-refractivity contribution in [2.75, 3.05) is 6.61 Å². The van der Waals surface area contributed by atoms with E-state index in [1.165, 1.54) is 4.68 Å². The summed E-state index contributed by atoms with van der Waals surface area (Å²) in [5.74, 6) is -0.387. The lowest BCUT2D eigenvalue weighted by Crippen LogP contribution is -2.12. The number of carbonyl (C=O) groups is 1. The number of hydrogen-bond donors (Lipinski definition) is 1. The third-order valence-electron chi connectivity index (χ3n) is 2.40. The topological polar surface area (TPSA) is 80.9 Å². The second kappa shape index (κ2) is 4.42. The Balaban J connectivity index is 2.52. The van der Waals surface area contributed by atoms with Gasteiger partial charge in [0, 0.05) is 13.2 Å². The highest BCUT2D eigenvalue weighted by atomic mass is 16.3. The third-order valence-corrected chi connectivity index (χ3v) is 2.40. The summed E-state index contributed by atoms with van der Waals surface area (Å²) in [6, 6.07) is 0. The minimum atomic E-state index is -0.550. The molecule has 0 radical (unpaired) electrons. The predicted octanol–water partition coefficient (Wildman–Crippen LogP) is 0.361. The van der Waals surface area contributed by atoms with E-state index in [4.69, 9.17) is 5.11 Å². The third kappa shape index (κ3) is 2.07. The fourth-order valence-electron chi connectivity index (χ4n) is 1.56. The van der Waals surface area contributed by atoms with Crippen LogP contribution in [-0.2, 0) is 7.05 Å². The first-order chi connectivity index (χ1) is 8.13. The number of rotatable bonds is 3. The number of Topliss-reactive ketones (excluding diaryl/α,β-unsaturated/α-hetero) is 1. The van der Waals surface area contributed by atoms with Crippen molar-refractivity contribution in [3.05, 3.63) is 30.0 Å². The van der Waals surface area contributed by atoms with Gasteiger partial charge in [0.25, 0.3) is 0 Å². The lowest BCUT2D eigenvalue weighted by atomic mass is 10.1. The zero-order valence-corrected chi connectivity index (χ0v) is 9.58. The van der Waals surface area contributed by atoms with E-state index < -0.39 is 6.61 Å². The molecule has 0 unspecified atom stereocenters. The molecule has 0 fully saturated rings. The minimum absolute atomic E-state index is 0.339. The molecule has 0 aliphatic rings. The van der Waals surface area contributed by atoms with Crippen molar-refractivity contribution in [1.82, 2.24) is 19.7 Å². The van der Waals surface area contributed by atoms with Crippen molar-refractivity contribution >= 4 is 5.78 Å². The molecule has 0 bridgehead atoms. The van der Waals surface area contributed by atoms with E-state index in [1.807, 2.05) is 6.92 Å². The zero-order chi connectivity index (χ0) is 12.4. The zero-order valence-electron chi connectivity index (χ0n) is 9.58. The molecule has 0 saturated carbocycles. The predicted molar refractivity (Wildman–Crippen MR) is 60.4 cm³/mol. The summed E-state index contributed by atoms with van der Waals surface area (Å²) in [7, 11) is 1.65. The molecule has 0 aliphatic carbocycles. The van der Waals surface area contributed by atoms with Gasteiger partial charge in [0.2, 0.25) is 5.78 Å². The monoisotopic (exact) mass is 232 g/mol. The molecule has 0 spiro atoms. The molecule has 0 aliphatic heterocycles. The Kier molecular flexibility index (Phi) is 2.97. The van der Waals surface area contributed by atoms with Crippen LogP contribution in [0.4, 0.5) is 0 Å². The van der Waals surface area contributed by atoms with Gasteiger partial charge in [-0.15, -0.1) is 0 Å². The summed E-state index contributed by atoms with van der Waals surface area (Å²) in [6.45, 7) is 1.28. The molecule has 2 aromatic heterocycles. The molecule has 2 aromatic rings. The van der Waals surface area contributed by atoms with Crippen molar-refractivity contribution in [1.29, 1.82) is 0 Å². The molecule has 0 aromatic carbocycles. The number of aliphatic hydroxyl groups excluding tert-OH is 1. The first-order valence-electron chi connectivity index (χ1n) is 5.08. The molecule has 1 N–H and O–H groups in total. The van der Waals surface area contributed by atoms with E-state index >= 15 is 0 Å². The SMILES string of the molecule is Cc1cnc(-c2cnn(C)c2C(=O)CO)cn1. The number of aromatic nitrogens is 4. The molecule has 0 amide bonds.